The van der Waals surface area contributed by atoms with Gasteiger partial charge in [-0.2, -0.15) is 0 Å². The van der Waals surface area contributed by atoms with Crippen molar-refractivity contribution in [1.29, 1.82) is 0 Å². The molecule has 3 nitrogen and oxygen atoms in total. The Bertz CT molecular complexity index is 886. The van der Waals surface area contributed by atoms with Gasteiger partial charge in [-0.05, 0) is 37.1 Å². The van der Waals surface area contributed by atoms with E-state index in [1.165, 1.54) is 9.88 Å². The van der Waals surface area contributed by atoms with Gasteiger partial charge in [0.2, 0.25) is 0 Å². The van der Waals surface area contributed by atoms with Gasteiger partial charge in [0.25, 0.3) is 10.0 Å². The molecule has 1 aliphatic heterocycles. The number of hydrogen-bond acceptors (Lipinski definition) is 2. The lowest BCUT2D eigenvalue weighted by Crippen LogP contribution is -2.35. The van der Waals surface area contributed by atoms with E-state index in [-0.39, 0.29) is 0 Å². The maximum absolute atomic E-state index is 13.2. The third-order valence-electron chi connectivity index (χ3n) is 4.22. The van der Waals surface area contributed by atoms with Crippen molar-refractivity contribution in [3.63, 3.8) is 0 Å². The average Bonchev–Trinajstić information content (AvgIpc) is 2.57. The molecule has 0 unspecified atom stereocenters. The Hall–Kier alpha value is -1.59. The summed E-state index contributed by atoms with van der Waals surface area (Å²) in [6, 6.07) is 14.7. The van der Waals surface area contributed by atoms with E-state index in [2.05, 4.69) is 22.9 Å². The SMILES string of the molecule is CCCC1=C(Br)CN(S(=O)(=O)c2ccc(C)cc2)c2ccccc21. The first-order chi connectivity index (χ1) is 11.4. The molecule has 0 spiro atoms. The molecule has 0 aromatic heterocycles. The lowest BCUT2D eigenvalue weighted by molar-refractivity contribution is 0.592. The molecule has 126 valence electrons. The van der Waals surface area contributed by atoms with Crippen molar-refractivity contribution in [2.24, 2.45) is 0 Å². The zero-order valence-electron chi connectivity index (χ0n) is 13.8. The fourth-order valence-corrected chi connectivity index (χ4v) is 5.25. The lowest BCUT2D eigenvalue weighted by atomic mass is 9.97. The van der Waals surface area contributed by atoms with Crippen LogP contribution in [0.2, 0.25) is 0 Å². The Morgan fingerprint density at radius 3 is 2.42 bits per heavy atom. The number of rotatable bonds is 4. The highest BCUT2D eigenvalue weighted by molar-refractivity contribution is 9.11. The molecule has 0 fully saturated rings. The van der Waals surface area contributed by atoms with E-state index in [0.29, 0.717) is 11.4 Å². The predicted molar refractivity (Wildman–Crippen MR) is 103 cm³/mol. The first kappa shape index (κ1) is 17.2. The van der Waals surface area contributed by atoms with Crippen LogP contribution in [0.15, 0.2) is 57.9 Å². The number of para-hydroxylation sites is 1. The summed E-state index contributed by atoms with van der Waals surface area (Å²) < 4.78 is 28.7. The van der Waals surface area contributed by atoms with Gasteiger partial charge in [0.15, 0.2) is 0 Å². The van der Waals surface area contributed by atoms with Crippen molar-refractivity contribution in [2.45, 2.75) is 31.6 Å². The van der Waals surface area contributed by atoms with Crippen LogP contribution in [-0.4, -0.2) is 15.0 Å². The second-order valence-electron chi connectivity index (χ2n) is 5.98. The Labute approximate surface area is 152 Å². The largest absolute Gasteiger partial charge is 0.264 e. The maximum atomic E-state index is 13.2. The second kappa shape index (κ2) is 6.73. The van der Waals surface area contributed by atoms with E-state index < -0.39 is 10.0 Å². The smallest absolute Gasteiger partial charge is 0.261 e. The van der Waals surface area contributed by atoms with Gasteiger partial charge in [0.1, 0.15) is 0 Å². The fraction of sp³-hybridized carbons (Fsp3) is 0.263. The monoisotopic (exact) mass is 405 g/mol. The lowest BCUT2D eigenvalue weighted by Gasteiger charge is -2.32. The second-order valence-corrected chi connectivity index (χ2v) is 8.79. The summed E-state index contributed by atoms with van der Waals surface area (Å²) in [6.45, 7) is 4.41. The Morgan fingerprint density at radius 2 is 1.75 bits per heavy atom. The Balaban J connectivity index is 2.12. The van der Waals surface area contributed by atoms with Crippen LogP contribution in [-0.2, 0) is 10.0 Å². The van der Waals surface area contributed by atoms with Crippen molar-refractivity contribution in [2.75, 3.05) is 10.8 Å². The van der Waals surface area contributed by atoms with Gasteiger partial charge in [-0.15, -0.1) is 0 Å². The molecule has 2 aromatic rings. The number of benzene rings is 2. The summed E-state index contributed by atoms with van der Waals surface area (Å²) in [6.07, 6.45) is 1.94. The number of sulfonamides is 1. The van der Waals surface area contributed by atoms with Gasteiger partial charge < -0.3 is 0 Å². The quantitative estimate of drug-likeness (QED) is 0.708. The Kier molecular flexibility index (Phi) is 4.83. The summed E-state index contributed by atoms with van der Waals surface area (Å²) in [4.78, 5) is 0.321. The molecular weight excluding hydrogens is 386 g/mol. The molecule has 24 heavy (non-hydrogen) atoms. The van der Waals surface area contributed by atoms with E-state index in [4.69, 9.17) is 0 Å². The number of hydrogen-bond donors (Lipinski definition) is 0. The van der Waals surface area contributed by atoms with Crippen molar-refractivity contribution in [3.05, 3.63) is 64.1 Å². The number of aryl methyl sites for hydroxylation is 1. The van der Waals surface area contributed by atoms with Crippen LogP contribution < -0.4 is 4.31 Å². The van der Waals surface area contributed by atoms with Crippen molar-refractivity contribution >= 4 is 37.2 Å². The normalized spacial score (nSPS) is 14.7. The molecule has 0 saturated carbocycles. The average molecular weight is 406 g/mol. The molecule has 1 heterocycles. The van der Waals surface area contributed by atoms with E-state index >= 15 is 0 Å². The Morgan fingerprint density at radius 1 is 1.08 bits per heavy atom. The van der Waals surface area contributed by atoms with E-state index in [1.807, 2.05) is 43.3 Å². The van der Waals surface area contributed by atoms with Crippen LogP contribution in [0.1, 0.15) is 30.9 Å². The highest BCUT2D eigenvalue weighted by Crippen LogP contribution is 2.41. The van der Waals surface area contributed by atoms with Gasteiger partial charge in [-0.3, -0.25) is 4.31 Å². The minimum atomic E-state index is -3.59. The summed E-state index contributed by atoms with van der Waals surface area (Å²) in [7, 11) is -3.59. The maximum Gasteiger partial charge on any atom is 0.264 e. The number of anilines is 1. The number of fused-ring (bicyclic) bond motifs is 1. The van der Waals surface area contributed by atoms with Crippen LogP contribution in [0.25, 0.3) is 5.57 Å². The number of halogens is 1. The summed E-state index contributed by atoms with van der Waals surface area (Å²) in [5.41, 5.74) is 3.99. The fourth-order valence-electron chi connectivity index (χ4n) is 2.97. The summed E-state index contributed by atoms with van der Waals surface area (Å²) in [5.74, 6) is 0. The zero-order chi connectivity index (χ0) is 17.3. The molecule has 0 saturated heterocycles. The zero-order valence-corrected chi connectivity index (χ0v) is 16.2. The molecule has 2 aromatic carbocycles. The highest BCUT2D eigenvalue weighted by Gasteiger charge is 2.31. The minimum absolute atomic E-state index is 0.321. The molecule has 0 atom stereocenters. The predicted octanol–water partition coefficient (Wildman–Crippen LogP) is 5.11. The van der Waals surface area contributed by atoms with Gasteiger partial charge >= 0.3 is 0 Å². The van der Waals surface area contributed by atoms with E-state index in [1.54, 1.807) is 12.1 Å². The third-order valence-corrected chi connectivity index (χ3v) is 6.72. The molecule has 1 aliphatic rings. The first-order valence-electron chi connectivity index (χ1n) is 8.01. The standard InChI is InChI=1S/C19H20BrNO2S/c1-3-6-16-17-7-4-5-8-19(17)21(13-18(16)20)24(22,23)15-11-9-14(2)10-12-15/h4-5,7-12H,3,6,13H2,1-2H3. The molecular formula is C19H20BrNO2S. The molecule has 0 radical (unpaired) electrons. The van der Waals surface area contributed by atoms with E-state index in [0.717, 1.165) is 34.1 Å². The molecule has 0 bridgehead atoms. The highest BCUT2D eigenvalue weighted by atomic mass is 79.9. The molecule has 3 rings (SSSR count). The summed E-state index contributed by atoms with van der Waals surface area (Å²) in [5, 5.41) is 0. The number of allylic oxidation sites excluding steroid dienone is 1. The molecule has 0 amide bonds. The molecule has 0 N–H and O–H groups in total. The van der Waals surface area contributed by atoms with Gasteiger partial charge in [-0.25, -0.2) is 8.42 Å². The first-order valence-corrected chi connectivity index (χ1v) is 10.2. The number of nitrogens with zero attached hydrogens (tertiary/aromatic N) is 1. The van der Waals surface area contributed by atoms with Gasteiger partial charge in [0, 0.05) is 10.0 Å². The molecule has 5 heteroatoms. The van der Waals surface area contributed by atoms with Crippen LogP contribution in [0, 0.1) is 6.92 Å². The van der Waals surface area contributed by atoms with Crippen molar-refractivity contribution < 1.29 is 8.42 Å². The van der Waals surface area contributed by atoms with Crippen LogP contribution in [0.4, 0.5) is 5.69 Å². The molecule has 0 aliphatic carbocycles. The topological polar surface area (TPSA) is 37.4 Å². The van der Waals surface area contributed by atoms with Crippen LogP contribution >= 0.6 is 15.9 Å². The minimum Gasteiger partial charge on any atom is -0.261 e. The van der Waals surface area contributed by atoms with Crippen LogP contribution in [0.3, 0.4) is 0 Å². The van der Waals surface area contributed by atoms with Crippen molar-refractivity contribution in [3.8, 4) is 0 Å². The van der Waals surface area contributed by atoms with Crippen molar-refractivity contribution in [1.82, 2.24) is 0 Å². The van der Waals surface area contributed by atoms with Gasteiger partial charge in [0.05, 0.1) is 17.1 Å². The summed E-state index contributed by atoms with van der Waals surface area (Å²) >= 11 is 3.62. The third kappa shape index (κ3) is 3.03. The van der Waals surface area contributed by atoms with Crippen LogP contribution in [0.5, 0.6) is 0 Å². The van der Waals surface area contributed by atoms with E-state index in [9.17, 15) is 8.42 Å². The van der Waals surface area contributed by atoms with Gasteiger partial charge in [-0.1, -0.05) is 65.2 Å².